The van der Waals surface area contributed by atoms with E-state index in [1.54, 1.807) is 29.1 Å². The Bertz CT molecular complexity index is 1200. The van der Waals surface area contributed by atoms with E-state index in [9.17, 15) is 9.59 Å². The highest BCUT2D eigenvalue weighted by atomic mass is 79.9. The minimum absolute atomic E-state index is 0.106. The van der Waals surface area contributed by atoms with E-state index in [0.29, 0.717) is 23.4 Å². The van der Waals surface area contributed by atoms with Crippen LogP contribution in [0.4, 0.5) is 5.82 Å². The molecule has 1 N–H and O–H groups in total. The van der Waals surface area contributed by atoms with Gasteiger partial charge in [-0.3, -0.25) is 14.2 Å². The first-order valence-electron chi connectivity index (χ1n) is 8.61. The van der Waals surface area contributed by atoms with Crippen molar-refractivity contribution in [3.05, 3.63) is 87.4 Å². The van der Waals surface area contributed by atoms with Crippen LogP contribution in [-0.4, -0.2) is 25.2 Å². The molecule has 0 aliphatic heterocycles. The van der Waals surface area contributed by atoms with Crippen molar-refractivity contribution in [1.29, 1.82) is 0 Å². The molecular weight excluding hydrogens is 422 g/mol. The van der Waals surface area contributed by atoms with Gasteiger partial charge >= 0.3 is 0 Å². The minimum Gasteiger partial charge on any atom is -0.309 e. The van der Waals surface area contributed by atoms with E-state index in [0.717, 1.165) is 10.0 Å². The Morgan fingerprint density at radius 1 is 1.07 bits per heavy atom. The topological polar surface area (TPSA) is 81.8 Å². The summed E-state index contributed by atoms with van der Waals surface area (Å²) in [5.41, 5.74) is 2.01. The van der Waals surface area contributed by atoms with Crippen molar-refractivity contribution in [2.75, 3.05) is 5.32 Å². The first-order chi connectivity index (χ1) is 13.6. The molecule has 0 atom stereocenters. The summed E-state index contributed by atoms with van der Waals surface area (Å²) in [6.45, 7) is 0.416. The number of nitrogens with one attached hydrogen (secondary N) is 1. The summed E-state index contributed by atoms with van der Waals surface area (Å²) in [7, 11) is 0. The van der Waals surface area contributed by atoms with Crippen LogP contribution in [0.25, 0.3) is 11.0 Å². The van der Waals surface area contributed by atoms with Gasteiger partial charge in [-0.25, -0.2) is 9.67 Å². The van der Waals surface area contributed by atoms with Crippen LogP contribution in [0.1, 0.15) is 5.56 Å². The van der Waals surface area contributed by atoms with Gasteiger partial charge in [0.05, 0.1) is 30.0 Å². The molecule has 0 aliphatic rings. The molecule has 2 aromatic carbocycles. The molecule has 0 spiro atoms. The van der Waals surface area contributed by atoms with Gasteiger partial charge in [-0.1, -0.05) is 40.2 Å². The van der Waals surface area contributed by atoms with E-state index in [2.05, 4.69) is 31.3 Å². The Morgan fingerprint density at radius 3 is 2.68 bits per heavy atom. The summed E-state index contributed by atoms with van der Waals surface area (Å²) in [4.78, 5) is 28.9. The molecule has 8 heteroatoms. The first-order valence-corrected chi connectivity index (χ1v) is 9.40. The van der Waals surface area contributed by atoms with Gasteiger partial charge in [-0.15, -0.1) is 0 Å². The van der Waals surface area contributed by atoms with Crippen LogP contribution in [0.2, 0.25) is 0 Å². The van der Waals surface area contributed by atoms with Crippen LogP contribution >= 0.6 is 15.9 Å². The van der Waals surface area contributed by atoms with Gasteiger partial charge < -0.3 is 5.32 Å². The second-order valence-electron chi connectivity index (χ2n) is 6.22. The molecule has 4 rings (SSSR count). The number of amides is 1. The number of anilines is 1. The molecule has 0 fully saturated rings. The van der Waals surface area contributed by atoms with Crippen molar-refractivity contribution in [1.82, 2.24) is 19.3 Å². The van der Waals surface area contributed by atoms with Gasteiger partial charge in [0.25, 0.3) is 5.56 Å². The van der Waals surface area contributed by atoms with Gasteiger partial charge in [-0.2, -0.15) is 5.10 Å². The summed E-state index contributed by atoms with van der Waals surface area (Å²) in [5.74, 6) is 0.260. The number of carbonyl (C=O) groups is 1. The first kappa shape index (κ1) is 18.1. The molecule has 0 radical (unpaired) electrons. The molecule has 0 unspecified atom stereocenters. The van der Waals surface area contributed by atoms with Crippen molar-refractivity contribution in [3.63, 3.8) is 0 Å². The minimum atomic E-state index is -0.322. The molecule has 28 heavy (non-hydrogen) atoms. The summed E-state index contributed by atoms with van der Waals surface area (Å²) in [6, 6.07) is 16.8. The third-order valence-corrected chi connectivity index (χ3v) is 4.81. The van der Waals surface area contributed by atoms with Crippen LogP contribution < -0.4 is 10.9 Å². The van der Waals surface area contributed by atoms with Crippen molar-refractivity contribution in [2.45, 2.75) is 13.1 Å². The van der Waals surface area contributed by atoms with Gasteiger partial charge in [0.15, 0.2) is 0 Å². The third-order valence-electron chi connectivity index (χ3n) is 4.28. The van der Waals surface area contributed by atoms with E-state index in [4.69, 9.17) is 0 Å². The Morgan fingerprint density at radius 2 is 1.86 bits per heavy atom. The molecule has 1 amide bonds. The van der Waals surface area contributed by atoms with Crippen molar-refractivity contribution >= 4 is 38.7 Å². The second-order valence-corrected chi connectivity index (χ2v) is 7.14. The van der Waals surface area contributed by atoms with E-state index < -0.39 is 0 Å². The van der Waals surface area contributed by atoms with Gasteiger partial charge in [0.2, 0.25) is 5.91 Å². The van der Waals surface area contributed by atoms with Crippen LogP contribution in [0, 0.1) is 0 Å². The number of carbonyl (C=O) groups excluding carboxylic acids is 1. The maximum atomic E-state index is 12.6. The maximum absolute atomic E-state index is 12.6. The zero-order valence-corrected chi connectivity index (χ0v) is 16.3. The van der Waals surface area contributed by atoms with E-state index in [-0.39, 0.29) is 18.0 Å². The van der Waals surface area contributed by atoms with Gasteiger partial charge in [0, 0.05) is 10.5 Å². The molecule has 7 nitrogen and oxygen atoms in total. The zero-order chi connectivity index (χ0) is 19.5. The number of halogens is 1. The molecule has 0 saturated carbocycles. The SMILES string of the molecule is O=C(Cn1c(=O)cnc2ccccc21)Nc1ccnn1Cc1ccc(Br)cc1. The quantitative estimate of drug-likeness (QED) is 0.520. The number of aromatic nitrogens is 4. The summed E-state index contributed by atoms with van der Waals surface area (Å²) >= 11 is 3.41. The maximum Gasteiger partial charge on any atom is 0.269 e. The lowest BCUT2D eigenvalue weighted by Gasteiger charge is -2.11. The molecule has 4 aromatic rings. The summed E-state index contributed by atoms with van der Waals surface area (Å²) in [5, 5.41) is 7.11. The highest BCUT2D eigenvalue weighted by Gasteiger charge is 2.11. The predicted molar refractivity (Wildman–Crippen MR) is 110 cm³/mol. The van der Waals surface area contributed by atoms with Crippen molar-refractivity contribution in [3.8, 4) is 0 Å². The third kappa shape index (κ3) is 3.86. The number of hydrogen-bond acceptors (Lipinski definition) is 4. The Kier molecular flexibility index (Phi) is 5.03. The molecule has 0 saturated heterocycles. The van der Waals surface area contributed by atoms with E-state index in [1.165, 1.54) is 10.8 Å². The molecule has 0 bridgehead atoms. The molecule has 2 aromatic heterocycles. The average molecular weight is 438 g/mol. The Hall–Kier alpha value is -3.26. The lowest BCUT2D eigenvalue weighted by molar-refractivity contribution is -0.116. The predicted octanol–water partition coefficient (Wildman–Crippen LogP) is 3.04. The number of para-hydroxylation sites is 2. The number of hydrogen-bond donors (Lipinski definition) is 1. The smallest absolute Gasteiger partial charge is 0.269 e. The van der Waals surface area contributed by atoms with Crippen LogP contribution in [-0.2, 0) is 17.9 Å². The van der Waals surface area contributed by atoms with Crippen LogP contribution in [0.3, 0.4) is 0 Å². The summed E-state index contributed by atoms with van der Waals surface area (Å²) < 4.78 is 4.11. The highest BCUT2D eigenvalue weighted by molar-refractivity contribution is 9.10. The number of rotatable bonds is 5. The fourth-order valence-corrected chi connectivity index (χ4v) is 3.20. The van der Waals surface area contributed by atoms with E-state index >= 15 is 0 Å². The number of fused-ring (bicyclic) bond motifs is 1. The van der Waals surface area contributed by atoms with Crippen LogP contribution in [0.15, 0.2) is 76.3 Å². The van der Waals surface area contributed by atoms with Gasteiger partial charge in [-0.05, 0) is 29.8 Å². The zero-order valence-electron chi connectivity index (χ0n) is 14.7. The Balaban J connectivity index is 1.53. The van der Waals surface area contributed by atoms with Crippen molar-refractivity contribution in [2.24, 2.45) is 0 Å². The van der Waals surface area contributed by atoms with Gasteiger partial charge in [0.1, 0.15) is 12.4 Å². The normalized spacial score (nSPS) is 10.9. The molecule has 140 valence electrons. The molecular formula is C20H16BrN5O2. The lowest BCUT2D eigenvalue weighted by Crippen LogP contribution is -2.28. The lowest BCUT2D eigenvalue weighted by atomic mass is 10.2. The standard InChI is InChI=1S/C20H16BrN5O2/c21-15-7-5-14(6-8-15)12-26-18(9-10-23-26)24-19(27)13-25-17-4-2-1-3-16(17)22-11-20(25)28/h1-11H,12-13H2,(H,24,27). The van der Waals surface area contributed by atoms with E-state index in [1.807, 2.05) is 36.4 Å². The van der Waals surface area contributed by atoms with Crippen LogP contribution in [0.5, 0.6) is 0 Å². The summed E-state index contributed by atoms with van der Waals surface area (Å²) in [6.07, 6.45) is 2.86. The Labute approximate surface area is 168 Å². The number of benzene rings is 2. The van der Waals surface area contributed by atoms with Crippen molar-refractivity contribution < 1.29 is 4.79 Å². The molecule has 0 aliphatic carbocycles. The molecule has 2 heterocycles. The average Bonchev–Trinajstić information content (AvgIpc) is 3.12. The highest BCUT2D eigenvalue weighted by Crippen LogP contribution is 2.14. The second kappa shape index (κ2) is 7.77. The number of nitrogens with zero attached hydrogens (tertiary/aromatic N) is 4. The largest absolute Gasteiger partial charge is 0.309 e. The fraction of sp³-hybridized carbons (Fsp3) is 0.100. The fourth-order valence-electron chi connectivity index (χ4n) is 2.93. The monoisotopic (exact) mass is 437 g/mol.